The molecule has 0 bridgehead atoms. The summed E-state index contributed by atoms with van der Waals surface area (Å²) in [4.78, 5) is 51.1. The molecule has 0 aromatic heterocycles. The van der Waals surface area contributed by atoms with Gasteiger partial charge in [-0.25, -0.2) is 9.59 Å². The number of ether oxygens (including phenoxy) is 1. The molecule has 0 unspecified atom stereocenters. The van der Waals surface area contributed by atoms with Crippen LogP contribution in [0.15, 0.2) is 42.5 Å². The van der Waals surface area contributed by atoms with E-state index in [1.807, 2.05) is 18.2 Å². The van der Waals surface area contributed by atoms with Crippen LogP contribution in [-0.4, -0.2) is 42.4 Å². The van der Waals surface area contributed by atoms with Crippen molar-refractivity contribution in [1.82, 2.24) is 10.2 Å². The molecule has 2 aromatic carbocycles. The number of nitrogens with zero attached hydrogens (tertiary/aromatic N) is 1. The van der Waals surface area contributed by atoms with Gasteiger partial charge in [-0.2, -0.15) is 0 Å². The van der Waals surface area contributed by atoms with E-state index in [1.54, 1.807) is 25.1 Å². The molecule has 1 saturated heterocycles. The van der Waals surface area contributed by atoms with E-state index in [0.717, 1.165) is 24.2 Å². The van der Waals surface area contributed by atoms with E-state index >= 15 is 0 Å². The van der Waals surface area contributed by atoms with E-state index in [2.05, 4.69) is 10.6 Å². The van der Waals surface area contributed by atoms with E-state index < -0.39 is 35.9 Å². The van der Waals surface area contributed by atoms with Crippen molar-refractivity contribution in [2.75, 3.05) is 19.0 Å². The number of aryl methyl sites for hydroxylation is 2. The zero-order valence-electron chi connectivity index (χ0n) is 17.4. The largest absolute Gasteiger partial charge is 0.465 e. The minimum absolute atomic E-state index is 0.179. The van der Waals surface area contributed by atoms with Gasteiger partial charge in [0.2, 0.25) is 5.91 Å². The Morgan fingerprint density at radius 3 is 2.65 bits per heavy atom. The van der Waals surface area contributed by atoms with Crippen LogP contribution in [0.25, 0.3) is 0 Å². The number of anilines is 1. The monoisotopic (exact) mass is 421 g/mol. The average Bonchev–Trinajstić information content (AvgIpc) is 3.32. The fourth-order valence-corrected chi connectivity index (χ4v) is 4.13. The molecule has 1 aliphatic carbocycles. The molecule has 4 rings (SSSR count). The highest BCUT2D eigenvalue weighted by atomic mass is 16.5. The van der Waals surface area contributed by atoms with Crippen molar-refractivity contribution >= 4 is 29.5 Å². The van der Waals surface area contributed by atoms with Gasteiger partial charge >= 0.3 is 12.0 Å². The molecular formula is C23H23N3O5. The van der Waals surface area contributed by atoms with Gasteiger partial charge in [-0.3, -0.25) is 14.5 Å². The van der Waals surface area contributed by atoms with Gasteiger partial charge in [0, 0.05) is 0 Å². The SMILES string of the molecule is COC(=O)c1ccccc1NC(=O)CN1C(=O)N[C@](C)(c2ccc3c(c2)CCC3)C1=O. The summed E-state index contributed by atoms with van der Waals surface area (Å²) in [6, 6.07) is 11.5. The van der Waals surface area contributed by atoms with Crippen LogP contribution in [0.3, 0.4) is 0 Å². The highest BCUT2D eigenvalue weighted by Gasteiger charge is 2.49. The van der Waals surface area contributed by atoms with Crippen molar-refractivity contribution in [3.63, 3.8) is 0 Å². The van der Waals surface area contributed by atoms with E-state index in [-0.39, 0.29) is 11.3 Å². The summed E-state index contributed by atoms with van der Waals surface area (Å²) >= 11 is 0. The van der Waals surface area contributed by atoms with Crippen LogP contribution >= 0.6 is 0 Å². The third kappa shape index (κ3) is 3.65. The number of hydrogen-bond acceptors (Lipinski definition) is 5. The number of para-hydroxylation sites is 1. The summed E-state index contributed by atoms with van der Waals surface area (Å²) in [6.07, 6.45) is 3.05. The normalized spacial score (nSPS) is 19.7. The van der Waals surface area contributed by atoms with E-state index in [1.165, 1.54) is 24.3 Å². The number of rotatable bonds is 5. The standard InChI is InChI=1S/C23H23N3O5/c1-23(16-11-10-14-6-5-7-15(14)12-16)21(29)26(22(30)25-23)13-19(27)24-18-9-4-3-8-17(18)20(28)31-2/h3-4,8-12H,5-7,13H2,1-2H3,(H,24,27)(H,25,30)/t23-/m1/s1. The molecule has 8 heteroatoms. The van der Waals surface area contributed by atoms with Crippen LogP contribution in [-0.2, 0) is 32.7 Å². The predicted octanol–water partition coefficient (Wildman–Crippen LogP) is 2.37. The van der Waals surface area contributed by atoms with Gasteiger partial charge in [0.15, 0.2) is 0 Å². The molecule has 1 heterocycles. The number of benzene rings is 2. The Bertz CT molecular complexity index is 1100. The number of nitrogens with one attached hydrogen (secondary N) is 2. The topological polar surface area (TPSA) is 105 Å². The van der Waals surface area contributed by atoms with Gasteiger partial charge in [-0.15, -0.1) is 0 Å². The number of fused-ring (bicyclic) bond motifs is 1. The Labute approximate surface area is 179 Å². The van der Waals surface area contributed by atoms with Crippen LogP contribution in [0, 0.1) is 0 Å². The lowest BCUT2D eigenvalue weighted by Crippen LogP contribution is -2.42. The Balaban J connectivity index is 1.51. The molecule has 1 aliphatic heterocycles. The fraction of sp³-hybridized carbons (Fsp3) is 0.304. The van der Waals surface area contributed by atoms with E-state index in [4.69, 9.17) is 4.74 Å². The van der Waals surface area contributed by atoms with Gasteiger partial charge in [0.1, 0.15) is 12.1 Å². The molecule has 160 valence electrons. The Morgan fingerprint density at radius 2 is 1.87 bits per heavy atom. The summed E-state index contributed by atoms with van der Waals surface area (Å²) in [5, 5.41) is 5.31. The maximum atomic E-state index is 13.1. The molecule has 2 N–H and O–H groups in total. The molecule has 0 radical (unpaired) electrons. The Kier molecular flexibility index (Phi) is 5.22. The lowest BCUT2D eigenvalue weighted by molar-refractivity contribution is -0.133. The molecule has 0 saturated carbocycles. The smallest absolute Gasteiger partial charge is 0.339 e. The number of carbonyl (C=O) groups is 4. The summed E-state index contributed by atoms with van der Waals surface area (Å²) in [7, 11) is 1.24. The summed E-state index contributed by atoms with van der Waals surface area (Å²) in [6.45, 7) is 1.18. The van der Waals surface area contributed by atoms with Crippen LogP contribution in [0.1, 0.15) is 40.4 Å². The highest BCUT2D eigenvalue weighted by molar-refractivity contribution is 6.11. The molecule has 2 aliphatic rings. The van der Waals surface area contributed by atoms with E-state index in [0.29, 0.717) is 5.56 Å². The number of imide groups is 1. The Morgan fingerprint density at radius 1 is 1.13 bits per heavy atom. The lowest BCUT2D eigenvalue weighted by atomic mass is 9.89. The van der Waals surface area contributed by atoms with Crippen molar-refractivity contribution in [3.8, 4) is 0 Å². The quantitative estimate of drug-likeness (QED) is 0.570. The van der Waals surface area contributed by atoms with Gasteiger partial charge in [0.05, 0.1) is 18.4 Å². The second kappa shape index (κ2) is 7.86. The van der Waals surface area contributed by atoms with Gasteiger partial charge in [-0.05, 0) is 55.0 Å². The first-order valence-corrected chi connectivity index (χ1v) is 10.1. The maximum Gasteiger partial charge on any atom is 0.339 e. The zero-order valence-corrected chi connectivity index (χ0v) is 17.4. The first-order valence-electron chi connectivity index (χ1n) is 10.1. The number of methoxy groups -OCH3 is 1. The second-order valence-corrected chi connectivity index (χ2v) is 7.87. The second-order valence-electron chi connectivity index (χ2n) is 7.87. The first kappa shape index (κ1) is 20.6. The Hall–Kier alpha value is -3.68. The van der Waals surface area contributed by atoms with Crippen molar-refractivity contribution < 1.29 is 23.9 Å². The average molecular weight is 421 g/mol. The van der Waals surface area contributed by atoms with Crippen LogP contribution in [0.4, 0.5) is 10.5 Å². The lowest BCUT2D eigenvalue weighted by Gasteiger charge is -2.23. The molecule has 8 nitrogen and oxygen atoms in total. The van der Waals surface area contributed by atoms with Crippen LogP contribution in [0.5, 0.6) is 0 Å². The van der Waals surface area contributed by atoms with Gasteiger partial charge in [-0.1, -0.05) is 30.3 Å². The fourth-order valence-electron chi connectivity index (χ4n) is 4.13. The van der Waals surface area contributed by atoms with Crippen molar-refractivity contribution in [2.45, 2.75) is 31.7 Å². The van der Waals surface area contributed by atoms with Crippen LogP contribution in [0.2, 0.25) is 0 Å². The van der Waals surface area contributed by atoms with Crippen molar-refractivity contribution in [2.24, 2.45) is 0 Å². The minimum Gasteiger partial charge on any atom is -0.465 e. The molecule has 2 aromatic rings. The molecule has 0 spiro atoms. The van der Waals surface area contributed by atoms with Crippen LogP contribution < -0.4 is 10.6 Å². The third-order valence-electron chi connectivity index (χ3n) is 5.86. The third-order valence-corrected chi connectivity index (χ3v) is 5.86. The van der Waals surface area contributed by atoms with E-state index in [9.17, 15) is 19.2 Å². The highest BCUT2D eigenvalue weighted by Crippen LogP contribution is 2.32. The molecule has 1 fully saturated rings. The van der Waals surface area contributed by atoms with Gasteiger partial charge < -0.3 is 15.4 Å². The number of esters is 1. The molecular weight excluding hydrogens is 398 g/mol. The molecule has 1 atom stereocenters. The number of hydrogen-bond donors (Lipinski definition) is 2. The summed E-state index contributed by atoms with van der Waals surface area (Å²) in [5.74, 6) is -1.69. The zero-order chi connectivity index (χ0) is 22.2. The minimum atomic E-state index is -1.24. The summed E-state index contributed by atoms with van der Waals surface area (Å²) < 4.78 is 4.72. The molecule has 31 heavy (non-hydrogen) atoms. The van der Waals surface area contributed by atoms with Crippen molar-refractivity contribution in [1.29, 1.82) is 0 Å². The molecule has 4 amide bonds. The van der Waals surface area contributed by atoms with Gasteiger partial charge in [0.25, 0.3) is 5.91 Å². The predicted molar refractivity (Wildman–Crippen MR) is 112 cm³/mol. The number of carbonyl (C=O) groups excluding carboxylic acids is 4. The maximum absolute atomic E-state index is 13.1. The number of amides is 4. The number of urea groups is 1. The first-order chi connectivity index (χ1) is 14.8. The summed E-state index contributed by atoms with van der Waals surface area (Å²) in [5.41, 5.74) is 2.34. The van der Waals surface area contributed by atoms with Crippen molar-refractivity contribution in [3.05, 3.63) is 64.7 Å².